The first-order chi connectivity index (χ1) is 14.2. The molecule has 1 aliphatic rings. The number of hydrogen-bond donors (Lipinski definition) is 2. The fourth-order valence-electron chi connectivity index (χ4n) is 4.10. The molecule has 1 aliphatic heterocycles. The average molecular weight is 391 g/mol. The van der Waals surface area contributed by atoms with Crippen LogP contribution in [0.25, 0.3) is 5.69 Å². The lowest BCUT2D eigenvalue weighted by atomic mass is 10.0. The van der Waals surface area contributed by atoms with Gasteiger partial charge in [0, 0.05) is 42.0 Å². The minimum absolute atomic E-state index is 0.0267. The topological polar surface area (TPSA) is 47.7 Å². The van der Waals surface area contributed by atoms with Crippen LogP contribution in [0.1, 0.15) is 34.8 Å². The molecule has 4 rings (SSSR count). The molecular weight excluding hydrogens is 362 g/mol. The third-order valence-corrected chi connectivity index (χ3v) is 5.76. The zero-order valence-corrected chi connectivity index (χ0v) is 16.8. The number of quaternary nitrogens is 1. The van der Waals surface area contributed by atoms with Crippen molar-refractivity contribution in [2.24, 2.45) is 0 Å². The van der Waals surface area contributed by atoms with E-state index in [0.717, 1.165) is 24.5 Å². The average Bonchev–Trinajstić information content (AvgIpc) is 3.49. The highest BCUT2D eigenvalue weighted by Gasteiger charge is 2.28. The zero-order chi connectivity index (χ0) is 20.1. The Morgan fingerprint density at radius 3 is 2.31 bits per heavy atom. The predicted octanol–water partition coefficient (Wildman–Crippen LogP) is 2.64. The van der Waals surface area contributed by atoms with Crippen molar-refractivity contribution in [1.82, 2.24) is 9.88 Å². The number of aromatic nitrogens is 1. The Morgan fingerprint density at radius 2 is 1.69 bits per heavy atom. The molecule has 29 heavy (non-hydrogen) atoms. The molecule has 3 aromatic rings. The SMILES string of the molecule is COc1ccc([C@H](CNC(=O)c2ccc(-n3cccc3)cc2)[NH+]2CCCC2)cc1. The largest absolute Gasteiger partial charge is 0.497 e. The van der Waals surface area contributed by atoms with Crippen LogP contribution in [0.3, 0.4) is 0 Å². The van der Waals surface area contributed by atoms with Gasteiger partial charge in [-0.15, -0.1) is 0 Å². The lowest BCUT2D eigenvalue weighted by molar-refractivity contribution is -0.918. The van der Waals surface area contributed by atoms with Crippen LogP contribution in [0.4, 0.5) is 0 Å². The van der Waals surface area contributed by atoms with Gasteiger partial charge in [0.2, 0.25) is 0 Å². The third-order valence-electron chi connectivity index (χ3n) is 5.76. The summed E-state index contributed by atoms with van der Waals surface area (Å²) in [6.07, 6.45) is 6.48. The van der Waals surface area contributed by atoms with Gasteiger partial charge < -0.3 is 19.5 Å². The Balaban J connectivity index is 1.44. The van der Waals surface area contributed by atoms with Crippen LogP contribution >= 0.6 is 0 Å². The van der Waals surface area contributed by atoms with Gasteiger partial charge in [0.1, 0.15) is 11.8 Å². The van der Waals surface area contributed by atoms with Crippen LogP contribution in [0.2, 0.25) is 0 Å². The normalized spacial score (nSPS) is 15.2. The van der Waals surface area contributed by atoms with Crippen LogP contribution in [0, 0.1) is 0 Å². The fourth-order valence-corrected chi connectivity index (χ4v) is 4.10. The second-order valence-corrected chi connectivity index (χ2v) is 7.54. The van der Waals surface area contributed by atoms with Crippen molar-refractivity contribution in [2.45, 2.75) is 18.9 Å². The van der Waals surface area contributed by atoms with Crippen molar-refractivity contribution in [1.29, 1.82) is 0 Å². The number of amides is 1. The summed E-state index contributed by atoms with van der Waals surface area (Å²) in [6.45, 7) is 2.93. The molecule has 0 spiro atoms. The molecule has 1 atom stereocenters. The Kier molecular flexibility index (Phi) is 5.96. The number of carbonyl (C=O) groups is 1. The van der Waals surface area contributed by atoms with Gasteiger partial charge in [0.05, 0.1) is 26.7 Å². The second-order valence-electron chi connectivity index (χ2n) is 7.54. The molecule has 0 aliphatic carbocycles. The van der Waals surface area contributed by atoms with Crippen molar-refractivity contribution in [3.8, 4) is 11.4 Å². The Morgan fingerprint density at radius 1 is 1.03 bits per heavy atom. The highest BCUT2D eigenvalue weighted by Crippen LogP contribution is 2.17. The standard InChI is InChI=1S/C24H27N3O2/c1-29-22-12-8-19(9-13-22)23(27-16-4-5-17-27)18-25-24(28)20-6-10-21(11-7-20)26-14-2-3-15-26/h2-3,6-15,23H,4-5,16-18H2,1H3,(H,25,28)/p+1/t23-/m0/s1. The number of methoxy groups -OCH3 is 1. The predicted molar refractivity (Wildman–Crippen MR) is 114 cm³/mol. The molecule has 0 radical (unpaired) electrons. The quantitative estimate of drug-likeness (QED) is 0.652. The van der Waals surface area contributed by atoms with Crippen molar-refractivity contribution in [3.63, 3.8) is 0 Å². The monoisotopic (exact) mass is 390 g/mol. The van der Waals surface area contributed by atoms with Crippen molar-refractivity contribution >= 4 is 5.91 Å². The Hall–Kier alpha value is -3.05. The van der Waals surface area contributed by atoms with Crippen LogP contribution in [0.5, 0.6) is 5.75 Å². The van der Waals surface area contributed by atoms with Gasteiger partial charge in [-0.1, -0.05) is 0 Å². The maximum Gasteiger partial charge on any atom is 0.251 e. The minimum Gasteiger partial charge on any atom is -0.497 e. The molecule has 2 aromatic carbocycles. The van der Waals surface area contributed by atoms with Crippen LogP contribution in [0.15, 0.2) is 73.1 Å². The number of rotatable bonds is 7. The smallest absolute Gasteiger partial charge is 0.251 e. The molecule has 1 saturated heterocycles. The molecule has 0 saturated carbocycles. The van der Waals surface area contributed by atoms with E-state index >= 15 is 0 Å². The summed E-state index contributed by atoms with van der Waals surface area (Å²) >= 11 is 0. The van der Waals surface area contributed by atoms with E-state index in [0.29, 0.717) is 12.1 Å². The molecular formula is C24H28N3O2+. The molecule has 1 amide bonds. The lowest BCUT2D eigenvalue weighted by Gasteiger charge is -2.25. The number of benzene rings is 2. The maximum absolute atomic E-state index is 12.7. The van der Waals surface area contributed by atoms with E-state index in [1.54, 1.807) is 12.0 Å². The molecule has 2 N–H and O–H groups in total. The van der Waals surface area contributed by atoms with Crippen LogP contribution in [-0.2, 0) is 0 Å². The lowest BCUT2D eigenvalue weighted by Crippen LogP contribution is -3.11. The highest BCUT2D eigenvalue weighted by molar-refractivity contribution is 5.94. The molecule has 0 unspecified atom stereocenters. The number of likely N-dealkylation sites (tertiary alicyclic amines) is 1. The van der Waals surface area contributed by atoms with Crippen molar-refractivity contribution in [3.05, 3.63) is 84.2 Å². The van der Waals surface area contributed by atoms with Gasteiger partial charge in [-0.05, 0) is 60.7 Å². The molecule has 0 bridgehead atoms. The fraction of sp³-hybridized carbons (Fsp3) is 0.292. The molecule has 150 valence electrons. The third kappa shape index (κ3) is 4.51. The van der Waals surface area contributed by atoms with Crippen molar-refractivity contribution < 1.29 is 14.4 Å². The summed E-state index contributed by atoms with van der Waals surface area (Å²) in [6, 6.07) is 20.2. The molecule has 2 heterocycles. The van der Waals surface area contributed by atoms with E-state index < -0.39 is 0 Å². The summed E-state index contributed by atoms with van der Waals surface area (Å²) < 4.78 is 7.31. The van der Waals surface area contributed by atoms with Gasteiger partial charge in [0.25, 0.3) is 5.91 Å². The highest BCUT2D eigenvalue weighted by atomic mass is 16.5. The number of hydrogen-bond acceptors (Lipinski definition) is 2. The van der Waals surface area contributed by atoms with Crippen LogP contribution in [-0.4, -0.2) is 37.2 Å². The Labute approximate surface area is 171 Å². The zero-order valence-electron chi connectivity index (χ0n) is 16.8. The summed E-state index contributed by atoms with van der Waals surface area (Å²) in [7, 11) is 1.68. The van der Waals surface area contributed by atoms with E-state index in [1.165, 1.54) is 18.4 Å². The summed E-state index contributed by atoms with van der Waals surface area (Å²) in [5, 5.41) is 3.16. The molecule has 1 fully saturated rings. The first-order valence-electron chi connectivity index (χ1n) is 10.2. The number of nitrogens with one attached hydrogen (secondary N) is 2. The number of carbonyl (C=O) groups excluding carboxylic acids is 1. The molecule has 5 heteroatoms. The van der Waals surface area contributed by atoms with Gasteiger partial charge in [-0.2, -0.15) is 0 Å². The summed E-state index contributed by atoms with van der Waals surface area (Å²) in [5.74, 6) is 0.830. The van der Waals surface area contributed by atoms with Gasteiger partial charge in [-0.3, -0.25) is 4.79 Å². The number of ether oxygens (including phenoxy) is 1. The first-order valence-corrected chi connectivity index (χ1v) is 10.2. The van der Waals surface area contributed by atoms with E-state index in [-0.39, 0.29) is 11.9 Å². The van der Waals surface area contributed by atoms with Crippen molar-refractivity contribution in [2.75, 3.05) is 26.7 Å². The van der Waals surface area contributed by atoms with E-state index in [9.17, 15) is 4.79 Å². The van der Waals surface area contributed by atoms with Gasteiger partial charge >= 0.3 is 0 Å². The van der Waals surface area contributed by atoms with Gasteiger partial charge in [-0.25, -0.2) is 0 Å². The number of nitrogens with zero attached hydrogens (tertiary/aromatic N) is 1. The second kappa shape index (κ2) is 8.97. The van der Waals surface area contributed by atoms with Crippen LogP contribution < -0.4 is 15.0 Å². The minimum atomic E-state index is -0.0267. The Bertz CT molecular complexity index is 912. The van der Waals surface area contributed by atoms with Gasteiger partial charge in [0.15, 0.2) is 0 Å². The molecule has 1 aromatic heterocycles. The summed E-state index contributed by atoms with van der Waals surface area (Å²) in [4.78, 5) is 14.3. The van der Waals surface area contributed by atoms with E-state index in [4.69, 9.17) is 4.74 Å². The van der Waals surface area contributed by atoms with E-state index in [2.05, 4.69) is 17.4 Å². The summed E-state index contributed by atoms with van der Waals surface area (Å²) in [5.41, 5.74) is 2.97. The molecule has 5 nitrogen and oxygen atoms in total. The maximum atomic E-state index is 12.7. The van der Waals surface area contributed by atoms with E-state index in [1.807, 2.05) is 65.5 Å². The first kappa shape index (κ1) is 19.3.